The standard InChI is InChI=1S/C14H14FN3S/c1-8-9(2)18-13(17)11(7-16)14(8,19)10-5-3-4-6-12(10)15/h3-6,8,19H,17H2,1-2H3. The number of hydrogen-bond acceptors (Lipinski definition) is 4. The summed E-state index contributed by atoms with van der Waals surface area (Å²) < 4.78 is 13.0. The molecule has 0 amide bonds. The van der Waals surface area contributed by atoms with Crippen LogP contribution in [0.2, 0.25) is 0 Å². The second-order valence-electron chi connectivity index (χ2n) is 4.59. The van der Waals surface area contributed by atoms with Gasteiger partial charge in [-0.2, -0.15) is 17.9 Å². The first-order valence-electron chi connectivity index (χ1n) is 5.85. The number of hydrogen-bond donors (Lipinski definition) is 2. The third kappa shape index (κ3) is 1.92. The molecule has 5 heteroatoms. The fourth-order valence-electron chi connectivity index (χ4n) is 2.34. The summed E-state index contributed by atoms with van der Waals surface area (Å²) in [7, 11) is 0. The Bertz CT molecular complexity index is 630. The van der Waals surface area contributed by atoms with E-state index >= 15 is 0 Å². The average molecular weight is 275 g/mol. The molecule has 2 rings (SSSR count). The summed E-state index contributed by atoms with van der Waals surface area (Å²) in [6.45, 7) is 3.67. The predicted molar refractivity (Wildman–Crippen MR) is 76.2 cm³/mol. The summed E-state index contributed by atoms with van der Waals surface area (Å²) in [4.78, 5) is 4.15. The van der Waals surface area contributed by atoms with Gasteiger partial charge >= 0.3 is 0 Å². The van der Waals surface area contributed by atoms with Crippen molar-refractivity contribution in [1.29, 1.82) is 5.26 Å². The number of rotatable bonds is 1. The van der Waals surface area contributed by atoms with Gasteiger partial charge in [0.05, 0.1) is 10.3 Å². The van der Waals surface area contributed by atoms with Crippen LogP contribution in [0, 0.1) is 23.1 Å². The Morgan fingerprint density at radius 1 is 1.47 bits per heavy atom. The van der Waals surface area contributed by atoms with E-state index in [1.54, 1.807) is 25.1 Å². The number of halogens is 1. The maximum Gasteiger partial charge on any atom is 0.138 e. The SMILES string of the molecule is CC1=NC(N)=C(C#N)C(S)(c2ccccc2F)C1C. The molecule has 2 atom stereocenters. The van der Waals surface area contributed by atoms with E-state index in [1.807, 2.05) is 13.0 Å². The zero-order chi connectivity index (χ0) is 14.2. The Morgan fingerprint density at radius 2 is 2.11 bits per heavy atom. The third-order valence-electron chi connectivity index (χ3n) is 3.58. The van der Waals surface area contributed by atoms with Crippen molar-refractivity contribution in [3.63, 3.8) is 0 Å². The first-order valence-corrected chi connectivity index (χ1v) is 6.30. The minimum absolute atomic E-state index is 0.108. The largest absolute Gasteiger partial charge is 0.383 e. The van der Waals surface area contributed by atoms with Gasteiger partial charge < -0.3 is 5.73 Å². The highest BCUT2D eigenvalue weighted by Gasteiger charge is 2.45. The lowest BCUT2D eigenvalue weighted by molar-refractivity contribution is 0.533. The molecule has 19 heavy (non-hydrogen) atoms. The fraction of sp³-hybridized carbons (Fsp3) is 0.286. The Balaban J connectivity index is 2.75. The summed E-state index contributed by atoms with van der Waals surface area (Å²) in [5.74, 6) is -0.523. The summed E-state index contributed by atoms with van der Waals surface area (Å²) in [6.07, 6.45) is 0. The molecule has 1 aliphatic rings. The van der Waals surface area contributed by atoms with E-state index in [0.29, 0.717) is 5.56 Å². The van der Waals surface area contributed by atoms with E-state index in [4.69, 9.17) is 5.73 Å². The lowest BCUT2D eigenvalue weighted by Gasteiger charge is -2.38. The van der Waals surface area contributed by atoms with Gasteiger partial charge in [0.1, 0.15) is 17.7 Å². The van der Waals surface area contributed by atoms with Crippen LogP contribution in [-0.4, -0.2) is 5.71 Å². The summed E-state index contributed by atoms with van der Waals surface area (Å²) in [5, 5.41) is 9.32. The van der Waals surface area contributed by atoms with Crippen LogP contribution in [-0.2, 0) is 4.75 Å². The van der Waals surface area contributed by atoms with Crippen LogP contribution in [0.15, 0.2) is 40.7 Å². The molecule has 1 aromatic carbocycles. The molecule has 0 radical (unpaired) electrons. The minimum atomic E-state index is -1.09. The normalized spacial score (nSPS) is 26.9. The quantitative estimate of drug-likeness (QED) is 0.774. The van der Waals surface area contributed by atoms with Crippen molar-refractivity contribution < 1.29 is 4.39 Å². The Kier molecular flexibility index (Phi) is 3.38. The van der Waals surface area contributed by atoms with Gasteiger partial charge in [-0.15, -0.1) is 0 Å². The van der Waals surface area contributed by atoms with Gasteiger partial charge in [0.25, 0.3) is 0 Å². The Morgan fingerprint density at radius 3 is 2.68 bits per heavy atom. The lowest BCUT2D eigenvalue weighted by atomic mass is 9.76. The van der Waals surface area contributed by atoms with Gasteiger partial charge in [0.2, 0.25) is 0 Å². The molecule has 2 N–H and O–H groups in total. The van der Waals surface area contributed by atoms with E-state index < -0.39 is 10.6 Å². The van der Waals surface area contributed by atoms with Gasteiger partial charge in [-0.3, -0.25) is 0 Å². The highest BCUT2D eigenvalue weighted by molar-refractivity contribution is 7.81. The summed E-state index contributed by atoms with van der Waals surface area (Å²) in [6, 6.07) is 8.32. The topological polar surface area (TPSA) is 62.2 Å². The molecule has 1 aromatic rings. The van der Waals surface area contributed by atoms with Crippen LogP contribution in [0.4, 0.5) is 4.39 Å². The van der Waals surface area contributed by atoms with Gasteiger partial charge in [-0.25, -0.2) is 9.38 Å². The van der Waals surface area contributed by atoms with Crippen molar-refractivity contribution in [1.82, 2.24) is 0 Å². The van der Waals surface area contributed by atoms with Crippen LogP contribution in [0.1, 0.15) is 19.4 Å². The molecule has 1 aliphatic heterocycles. The molecule has 0 spiro atoms. The predicted octanol–water partition coefficient (Wildman–Crippen LogP) is 2.76. The first-order chi connectivity index (χ1) is 8.92. The van der Waals surface area contributed by atoms with Crippen LogP contribution < -0.4 is 5.73 Å². The molecule has 0 aliphatic carbocycles. The zero-order valence-corrected chi connectivity index (χ0v) is 11.6. The van der Waals surface area contributed by atoms with Crippen molar-refractivity contribution in [3.8, 4) is 6.07 Å². The van der Waals surface area contributed by atoms with Gasteiger partial charge in [-0.05, 0) is 13.0 Å². The molecule has 0 bridgehead atoms. The highest BCUT2D eigenvalue weighted by atomic mass is 32.1. The van der Waals surface area contributed by atoms with E-state index in [2.05, 4.69) is 17.6 Å². The van der Waals surface area contributed by atoms with Crippen molar-refractivity contribution >= 4 is 18.3 Å². The lowest BCUT2D eigenvalue weighted by Crippen LogP contribution is -2.39. The average Bonchev–Trinajstić information content (AvgIpc) is 2.37. The number of aliphatic imine (C=N–C) groups is 1. The smallest absolute Gasteiger partial charge is 0.138 e. The van der Waals surface area contributed by atoms with E-state index in [0.717, 1.165) is 5.71 Å². The molecular weight excluding hydrogens is 261 g/mol. The van der Waals surface area contributed by atoms with Crippen LogP contribution in [0.3, 0.4) is 0 Å². The molecule has 0 saturated heterocycles. The summed E-state index contributed by atoms with van der Waals surface area (Å²) >= 11 is 4.62. The number of nitrogens with two attached hydrogens (primary N) is 1. The molecule has 98 valence electrons. The van der Waals surface area contributed by atoms with Crippen molar-refractivity contribution in [2.24, 2.45) is 16.6 Å². The van der Waals surface area contributed by atoms with Gasteiger partial charge in [-0.1, -0.05) is 25.1 Å². The maximum atomic E-state index is 14.1. The number of nitrogens with zero attached hydrogens (tertiary/aromatic N) is 2. The number of nitriles is 1. The highest BCUT2D eigenvalue weighted by Crippen LogP contribution is 2.47. The molecule has 3 nitrogen and oxygen atoms in total. The molecule has 2 unspecified atom stereocenters. The van der Waals surface area contributed by atoms with Crippen molar-refractivity contribution in [2.75, 3.05) is 0 Å². The first kappa shape index (κ1) is 13.6. The van der Waals surface area contributed by atoms with Crippen LogP contribution in [0.5, 0.6) is 0 Å². The van der Waals surface area contributed by atoms with E-state index in [-0.39, 0.29) is 17.3 Å². The molecule has 0 fully saturated rings. The molecule has 1 heterocycles. The molecule has 0 aromatic heterocycles. The monoisotopic (exact) mass is 275 g/mol. The number of thiol groups is 1. The molecule has 0 saturated carbocycles. The number of benzene rings is 1. The van der Waals surface area contributed by atoms with Gasteiger partial charge in [0, 0.05) is 17.2 Å². The fourth-order valence-corrected chi connectivity index (χ4v) is 2.87. The van der Waals surface area contributed by atoms with Crippen LogP contribution >= 0.6 is 12.6 Å². The van der Waals surface area contributed by atoms with Gasteiger partial charge in [0.15, 0.2) is 0 Å². The second-order valence-corrected chi connectivity index (χ2v) is 5.30. The molecular formula is C14H14FN3S. The van der Waals surface area contributed by atoms with Crippen molar-refractivity contribution in [2.45, 2.75) is 18.6 Å². The Hall–Kier alpha value is -1.80. The van der Waals surface area contributed by atoms with Crippen LogP contribution in [0.25, 0.3) is 0 Å². The zero-order valence-electron chi connectivity index (χ0n) is 10.7. The second kappa shape index (κ2) is 4.71. The summed E-state index contributed by atoms with van der Waals surface area (Å²) in [5.41, 5.74) is 7.08. The minimum Gasteiger partial charge on any atom is -0.383 e. The van der Waals surface area contributed by atoms with E-state index in [1.165, 1.54) is 6.07 Å². The van der Waals surface area contributed by atoms with E-state index in [9.17, 15) is 9.65 Å². The Labute approximate surface area is 117 Å². The van der Waals surface area contributed by atoms with Crippen molar-refractivity contribution in [3.05, 3.63) is 47.0 Å². The third-order valence-corrected chi connectivity index (χ3v) is 4.44. The maximum absolute atomic E-state index is 14.1.